The average Bonchev–Trinajstić information content (AvgIpc) is 2.68. The highest BCUT2D eigenvalue weighted by Crippen LogP contribution is 2.31. The van der Waals surface area contributed by atoms with Crippen molar-refractivity contribution < 1.29 is 9.84 Å². The van der Waals surface area contributed by atoms with Crippen molar-refractivity contribution in [3.05, 3.63) is 46.1 Å². The molecule has 1 atom stereocenters. The Kier molecular flexibility index (Phi) is 4.14. The van der Waals surface area contributed by atoms with Crippen LogP contribution in [0.5, 0.6) is 5.88 Å². The first kappa shape index (κ1) is 14.6. The van der Waals surface area contributed by atoms with Gasteiger partial charge in [0.05, 0.1) is 24.5 Å². The zero-order valence-electron chi connectivity index (χ0n) is 12.8. The lowest BCUT2D eigenvalue weighted by molar-refractivity contribution is 0.172. The third-order valence-electron chi connectivity index (χ3n) is 3.78. The van der Waals surface area contributed by atoms with Crippen LogP contribution >= 0.6 is 0 Å². The van der Waals surface area contributed by atoms with Crippen LogP contribution in [0.25, 0.3) is 0 Å². The fourth-order valence-corrected chi connectivity index (χ4v) is 2.75. The number of nitrogens with zero attached hydrogens (tertiary/aromatic N) is 2. The molecule has 0 spiro atoms. The van der Waals surface area contributed by atoms with Crippen LogP contribution in [0.1, 0.15) is 34.1 Å². The fraction of sp³-hybridized carbons (Fsp3) is 0.438. The van der Waals surface area contributed by atoms with Gasteiger partial charge in [-0.1, -0.05) is 18.2 Å². The highest BCUT2D eigenvalue weighted by Gasteiger charge is 2.22. The molecule has 0 amide bonds. The maximum absolute atomic E-state index is 10.6. The SMILES string of the molecule is COc1c(C(O)Cc2c(C)cccc2C)c(C)nn1C. The van der Waals surface area contributed by atoms with E-state index in [1.807, 2.05) is 20.0 Å². The standard InChI is InChI=1S/C16H22N2O2/c1-10-7-6-8-11(2)13(10)9-14(19)15-12(3)17-18(4)16(15)20-5/h6-8,14,19H,9H2,1-5H3. The minimum atomic E-state index is -0.613. The number of aromatic nitrogens is 2. The number of hydrogen-bond acceptors (Lipinski definition) is 3. The lowest BCUT2D eigenvalue weighted by Gasteiger charge is -2.15. The molecule has 0 radical (unpaired) electrons. The van der Waals surface area contributed by atoms with Crippen LogP contribution in [0.15, 0.2) is 18.2 Å². The van der Waals surface area contributed by atoms with Crippen LogP contribution in [-0.4, -0.2) is 22.0 Å². The van der Waals surface area contributed by atoms with E-state index >= 15 is 0 Å². The van der Waals surface area contributed by atoms with Crippen molar-refractivity contribution in [2.75, 3.05) is 7.11 Å². The predicted octanol–water partition coefficient (Wildman–Crippen LogP) is 2.63. The number of rotatable bonds is 4. The highest BCUT2D eigenvalue weighted by molar-refractivity contribution is 5.38. The first-order chi connectivity index (χ1) is 9.45. The van der Waals surface area contributed by atoms with Crippen LogP contribution in [-0.2, 0) is 13.5 Å². The van der Waals surface area contributed by atoms with Crippen LogP contribution in [0.2, 0.25) is 0 Å². The van der Waals surface area contributed by atoms with Gasteiger partial charge >= 0.3 is 0 Å². The smallest absolute Gasteiger partial charge is 0.217 e. The summed E-state index contributed by atoms with van der Waals surface area (Å²) in [5.41, 5.74) is 5.17. The molecule has 1 heterocycles. The molecule has 0 saturated heterocycles. The van der Waals surface area contributed by atoms with Gasteiger partial charge in [0.15, 0.2) is 0 Å². The lowest BCUT2D eigenvalue weighted by Crippen LogP contribution is -2.07. The van der Waals surface area contributed by atoms with Gasteiger partial charge in [-0.2, -0.15) is 5.10 Å². The molecular weight excluding hydrogens is 252 g/mol. The maximum atomic E-state index is 10.6. The second-order valence-electron chi connectivity index (χ2n) is 5.22. The largest absolute Gasteiger partial charge is 0.481 e. The van der Waals surface area contributed by atoms with Crippen LogP contribution in [0, 0.1) is 20.8 Å². The maximum Gasteiger partial charge on any atom is 0.217 e. The number of benzene rings is 1. The molecule has 1 aromatic heterocycles. The van der Waals surface area contributed by atoms with Crippen molar-refractivity contribution in [2.24, 2.45) is 7.05 Å². The second-order valence-corrected chi connectivity index (χ2v) is 5.22. The highest BCUT2D eigenvalue weighted by atomic mass is 16.5. The third kappa shape index (κ3) is 2.56. The summed E-state index contributed by atoms with van der Waals surface area (Å²) in [4.78, 5) is 0. The quantitative estimate of drug-likeness (QED) is 0.932. The summed E-state index contributed by atoms with van der Waals surface area (Å²) in [7, 11) is 3.42. The number of aryl methyl sites for hydroxylation is 4. The lowest BCUT2D eigenvalue weighted by atomic mass is 9.94. The summed E-state index contributed by atoms with van der Waals surface area (Å²) in [5.74, 6) is 0.626. The van der Waals surface area contributed by atoms with Crippen LogP contribution < -0.4 is 4.74 Å². The summed E-state index contributed by atoms with van der Waals surface area (Å²) >= 11 is 0. The summed E-state index contributed by atoms with van der Waals surface area (Å²) in [6.45, 7) is 6.04. The molecular formula is C16H22N2O2. The van der Waals surface area contributed by atoms with Gasteiger partial charge in [-0.15, -0.1) is 0 Å². The number of methoxy groups -OCH3 is 1. The third-order valence-corrected chi connectivity index (χ3v) is 3.78. The van der Waals surface area contributed by atoms with Gasteiger partial charge < -0.3 is 9.84 Å². The molecule has 1 N–H and O–H groups in total. The zero-order chi connectivity index (χ0) is 14.9. The van der Waals surface area contributed by atoms with Crippen molar-refractivity contribution in [1.29, 1.82) is 0 Å². The fourth-order valence-electron chi connectivity index (χ4n) is 2.75. The normalized spacial score (nSPS) is 12.5. The Bertz CT molecular complexity index is 597. The van der Waals surface area contributed by atoms with Gasteiger partial charge in [0.25, 0.3) is 0 Å². The van der Waals surface area contributed by atoms with E-state index in [0.29, 0.717) is 12.3 Å². The van der Waals surface area contributed by atoms with Crippen LogP contribution in [0.3, 0.4) is 0 Å². The molecule has 1 aromatic carbocycles. The van der Waals surface area contributed by atoms with E-state index in [0.717, 1.165) is 11.3 Å². The first-order valence-electron chi connectivity index (χ1n) is 6.76. The Morgan fingerprint density at radius 2 is 1.85 bits per heavy atom. The Balaban J connectivity index is 2.36. The topological polar surface area (TPSA) is 47.3 Å². The second kappa shape index (κ2) is 5.67. The van der Waals surface area contributed by atoms with Gasteiger partial charge in [-0.25, -0.2) is 4.68 Å². The molecule has 108 valence electrons. The van der Waals surface area contributed by atoms with E-state index in [9.17, 15) is 5.11 Å². The molecule has 0 bridgehead atoms. The molecule has 20 heavy (non-hydrogen) atoms. The van der Waals surface area contributed by atoms with Crippen molar-refractivity contribution >= 4 is 0 Å². The molecule has 4 heteroatoms. The van der Waals surface area contributed by atoms with Crippen molar-refractivity contribution in [3.63, 3.8) is 0 Å². The molecule has 0 aliphatic rings. The summed E-state index contributed by atoms with van der Waals surface area (Å²) < 4.78 is 7.02. The predicted molar refractivity (Wildman–Crippen MR) is 79.1 cm³/mol. The Hall–Kier alpha value is -1.81. The van der Waals surface area contributed by atoms with E-state index in [2.05, 4.69) is 31.1 Å². The van der Waals surface area contributed by atoms with Crippen molar-refractivity contribution in [3.8, 4) is 5.88 Å². The van der Waals surface area contributed by atoms with Gasteiger partial charge in [-0.05, 0) is 37.5 Å². The first-order valence-corrected chi connectivity index (χ1v) is 6.76. The number of ether oxygens (including phenoxy) is 1. The number of aliphatic hydroxyl groups is 1. The van der Waals surface area contributed by atoms with E-state index in [4.69, 9.17) is 4.74 Å². The Morgan fingerprint density at radius 1 is 1.25 bits per heavy atom. The summed E-state index contributed by atoms with van der Waals surface area (Å²) in [5, 5.41) is 14.9. The van der Waals surface area contributed by atoms with E-state index < -0.39 is 6.10 Å². The number of aliphatic hydroxyl groups excluding tert-OH is 1. The average molecular weight is 274 g/mol. The molecule has 0 aliphatic carbocycles. The molecule has 1 unspecified atom stereocenters. The van der Waals surface area contributed by atoms with Crippen molar-refractivity contribution in [2.45, 2.75) is 33.3 Å². The van der Waals surface area contributed by atoms with Gasteiger partial charge in [0, 0.05) is 13.5 Å². The summed E-state index contributed by atoms with van der Waals surface area (Å²) in [6.07, 6.45) is -0.0417. The van der Waals surface area contributed by atoms with E-state index in [1.165, 1.54) is 16.7 Å². The molecule has 0 aliphatic heterocycles. The monoisotopic (exact) mass is 274 g/mol. The van der Waals surface area contributed by atoms with Crippen molar-refractivity contribution in [1.82, 2.24) is 9.78 Å². The van der Waals surface area contributed by atoms with Crippen LogP contribution in [0.4, 0.5) is 0 Å². The van der Waals surface area contributed by atoms with E-state index in [-0.39, 0.29) is 0 Å². The molecule has 2 rings (SSSR count). The number of hydrogen-bond donors (Lipinski definition) is 1. The zero-order valence-corrected chi connectivity index (χ0v) is 12.8. The molecule has 4 nitrogen and oxygen atoms in total. The minimum absolute atomic E-state index is 0.571. The molecule has 0 saturated carbocycles. The van der Waals surface area contributed by atoms with E-state index in [1.54, 1.807) is 11.8 Å². The Labute approximate surface area is 120 Å². The molecule has 2 aromatic rings. The summed E-state index contributed by atoms with van der Waals surface area (Å²) in [6, 6.07) is 6.18. The Morgan fingerprint density at radius 3 is 2.40 bits per heavy atom. The van der Waals surface area contributed by atoms with Gasteiger partial charge in [0.1, 0.15) is 0 Å². The van der Waals surface area contributed by atoms with Gasteiger partial charge in [0.2, 0.25) is 5.88 Å². The van der Waals surface area contributed by atoms with Gasteiger partial charge in [-0.3, -0.25) is 0 Å². The minimum Gasteiger partial charge on any atom is -0.481 e. The molecule has 0 fully saturated rings.